The van der Waals surface area contributed by atoms with E-state index in [4.69, 9.17) is 11.5 Å². The smallest absolute Gasteiger partial charge is 0.316 e. The fraction of sp³-hybridized carbons (Fsp3) is 0.286. The first-order chi connectivity index (χ1) is 21.7. The molecule has 4 aromatic rings. The van der Waals surface area contributed by atoms with E-state index in [-0.39, 0.29) is 29.9 Å². The standard InChI is InChI=1S/C35H33F4N3OS2/c36-23-8-3-10-25(15-23)44-27-13-20-5-1-7-22(32(20)30(38)17-27)19-42(35(41)43)34(40)29-12-2-6-21-14-28(18-31(39)33(21)29)45-26-11-4-9-24(37)16-26/h3-4,8-11,13-18,22,29,34H,1-2,5-7,12,19,40H2,(H2,41,43)/t22-,29+,34?/m0/s1. The van der Waals surface area contributed by atoms with Crippen LogP contribution in [0.3, 0.4) is 0 Å². The van der Waals surface area contributed by atoms with Crippen molar-refractivity contribution in [3.63, 3.8) is 0 Å². The highest BCUT2D eigenvalue weighted by atomic mass is 32.2. The number of hydrogen-bond donors (Lipinski definition) is 2. The van der Waals surface area contributed by atoms with Crippen LogP contribution in [0.1, 0.15) is 59.8 Å². The van der Waals surface area contributed by atoms with Crippen molar-refractivity contribution < 1.29 is 22.4 Å². The first kappa shape index (κ1) is 31.5. The van der Waals surface area contributed by atoms with Crippen LogP contribution >= 0.6 is 23.5 Å². The van der Waals surface area contributed by atoms with Crippen molar-refractivity contribution in [3.8, 4) is 0 Å². The van der Waals surface area contributed by atoms with Gasteiger partial charge in [0.25, 0.3) is 0 Å². The third-order valence-corrected chi connectivity index (χ3v) is 10.6. The first-order valence-corrected chi connectivity index (χ1v) is 16.6. The summed E-state index contributed by atoms with van der Waals surface area (Å²) in [4.78, 5) is 16.9. The maximum Gasteiger partial charge on any atom is 0.316 e. The molecule has 3 atom stereocenters. The largest absolute Gasteiger partial charge is 0.351 e. The number of hydrogen-bond acceptors (Lipinski definition) is 4. The Labute approximate surface area is 268 Å². The predicted molar refractivity (Wildman–Crippen MR) is 169 cm³/mol. The zero-order valence-electron chi connectivity index (χ0n) is 24.4. The van der Waals surface area contributed by atoms with Crippen LogP contribution in [0.15, 0.2) is 92.4 Å². The number of nitrogens with two attached hydrogens (primary N) is 2. The van der Waals surface area contributed by atoms with E-state index in [1.807, 2.05) is 12.1 Å². The zero-order valence-corrected chi connectivity index (χ0v) is 26.1. The molecule has 0 bridgehead atoms. The Hall–Kier alpha value is -3.47. The summed E-state index contributed by atoms with van der Waals surface area (Å²) in [6.07, 6.45) is 3.18. The van der Waals surface area contributed by atoms with Gasteiger partial charge in [-0.3, -0.25) is 0 Å². The van der Waals surface area contributed by atoms with Gasteiger partial charge in [0.2, 0.25) is 0 Å². The molecule has 0 heterocycles. The van der Waals surface area contributed by atoms with Crippen LogP contribution in [-0.4, -0.2) is 23.6 Å². The fourth-order valence-corrected chi connectivity index (χ4v) is 8.62. The highest BCUT2D eigenvalue weighted by Gasteiger charge is 2.36. The molecule has 0 aliphatic heterocycles. The average molecular weight is 652 g/mol. The molecule has 0 aromatic heterocycles. The molecule has 45 heavy (non-hydrogen) atoms. The molecule has 10 heteroatoms. The molecule has 2 amide bonds. The summed E-state index contributed by atoms with van der Waals surface area (Å²) in [7, 11) is 0. The molecule has 0 saturated heterocycles. The number of urea groups is 1. The highest BCUT2D eigenvalue weighted by molar-refractivity contribution is 7.99. The Morgan fingerprint density at radius 1 is 0.756 bits per heavy atom. The Morgan fingerprint density at radius 2 is 1.29 bits per heavy atom. The van der Waals surface area contributed by atoms with E-state index in [9.17, 15) is 13.6 Å². The number of aryl methyl sites for hydroxylation is 2. The van der Waals surface area contributed by atoms with Gasteiger partial charge in [0, 0.05) is 38.0 Å². The average Bonchev–Trinajstić information content (AvgIpc) is 2.99. The molecule has 0 radical (unpaired) electrons. The summed E-state index contributed by atoms with van der Waals surface area (Å²) < 4.78 is 58.9. The summed E-state index contributed by atoms with van der Waals surface area (Å²) in [6, 6.07) is 18.3. The van der Waals surface area contributed by atoms with Gasteiger partial charge in [-0.05, 0) is 121 Å². The molecule has 2 aliphatic rings. The van der Waals surface area contributed by atoms with E-state index >= 15 is 8.78 Å². The monoisotopic (exact) mass is 651 g/mol. The lowest BCUT2D eigenvalue weighted by atomic mass is 9.79. The van der Waals surface area contributed by atoms with Gasteiger partial charge >= 0.3 is 6.03 Å². The number of carbonyl (C=O) groups excluding carboxylic acids is 1. The van der Waals surface area contributed by atoms with E-state index in [0.29, 0.717) is 56.4 Å². The van der Waals surface area contributed by atoms with Crippen molar-refractivity contribution in [3.05, 3.63) is 118 Å². The molecule has 4 aromatic carbocycles. The second kappa shape index (κ2) is 13.5. The summed E-state index contributed by atoms with van der Waals surface area (Å²) in [5.41, 5.74) is 15.3. The number of benzene rings is 4. The summed E-state index contributed by atoms with van der Waals surface area (Å²) in [5.74, 6) is -2.35. The second-order valence-electron chi connectivity index (χ2n) is 11.6. The maximum absolute atomic E-state index is 15.8. The minimum Gasteiger partial charge on any atom is -0.351 e. The molecule has 1 unspecified atom stereocenters. The fourth-order valence-electron chi connectivity index (χ4n) is 6.71. The van der Waals surface area contributed by atoms with Gasteiger partial charge in [-0.2, -0.15) is 0 Å². The van der Waals surface area contributed by atoms with E-state index in [0.717, 1.165) is 24.0 Å². The summed E-state index contributed by atoms with van der Waals surface area (Å²) in [5, 5.41) is 0. The zero-order chi connectivity index (χ0) is 31.7. The third-order valence-electron chi connectivity index (χ3n) is 8.65. The molecule has 4 nitrogen and oxygen atoms in total. The third kappa shape index (κ3) is 7.03. The number of rotatable bonds is 8. The molecule has 0 saturated carbocycles. The number of primary amides is 1. The number of amides is 2. The van der Waals surface area contributed by atoms with Crippen LogP contribution in [0, 0.1) is 23.3 Å². The Kier molecular flexibility index (Phi) is 9.44. The predicted octanol–water partition coefficient (Wildman–Crippen LogP) is 8.75. The molecule has 0 spiro atoms. The molecular weight excluding hydrogens is 619 g/mol. The van der Waals surface area contributed by atoms with Gasteiger partial charge in [0.05, 0.1) is 6.17 Å². The van der Waals surface area contributed by atoms with Crippen molar-refractivity contribution >= 4 is 29.6 Å². The van der Waals surface area contributed by atoms with Crippen molar-refractivity contribution in [2.24, 2.45) is 11.5 Å². The van der Waals surface area contributed by atoms with Crippen LogP contribution in [0.5, 0.6) is 0 Å². The molecule has 0 fully saturated rings. The van der Waals surface area contributed by atoms with Crippen LogP contribution in [0.2, 0.25) is 0 Å². The van der Waals surface area contributed by atoms with Crippen molar-refractivity contribution in [2.75, 3.05) is 6.54 Å². The van der Waals surface area contributed by atoms with E-state index in [2.05, 4.69) is 0 Å². The minimum absolute atomic E-state index is 0.109. The normalized spacial score (nSPS) is 18.2. The van der Waals surface area contributed by atoms with E-state index in [1.165, 1.54) is 64.8 Å². The first-order valence-electron chi connectivity index (χ1n) is 15.0. The summed E-state index contributed by atoms with van der Waals surface area (Å²) >= 11 is 2.57. The van der Waals surface area contributed by atoms with Crippen LogP contribution in [-0.2, 0) is 12.8 Å². The highest BCUT2D eigenvalue weighted by Crippen LogP contribution is 2.42. The number of halogens is 4. The lowest BCUT2D eigenvalue weighted by Gasteiger charge is -2.39. The van der Waals surface area contributed by atoms with Gasteiger partial charge in [0.1, 0.15) is 23.3 Å². The van der Waals surface area contributed by atoms with Gasteiger partial charge in [-0.1, -0.05) is 35.7 Å². The lowest BCUT2D eigenvalue weighted by Crippen LogP contribution is -2.53. The number of carbonyl (C=O) groups is 1. The Bertz CT molecular complexity index is 1740. The van der Waals surface area contributed by atoms with Gasteiger partial charge in [-0.15, -0.1) is 0 Å². The number of nitrogens with zero attached hydrogens (tertiary/aromatic N) is 1. The quantitative estimate of drug-likeness (QED) is 0.148. The lowest BCUT2D eigenvalue weighted by molar-refractivity contribution is 0.159. The molecular formula is C35H33F4N3OS2. The molecule has 2 aliphatic carbocycles. The van der Waals surface area contributed by atoms with Gasteiger partial charge in [-0.25, -0.2) is 22.4 Å². The van der Waals surface area contributed by atoms with E-state index in [1.54, 1.807) is 24.3 Å². The van der Waals surface area contributed by atoms with Crippen molar-refractivity contribution in [1.82, 2.24) is 4.90 Å². The molecule has 6 rings (SSSR count). The molecule has 234 valence electrons. The Morgan fingerprint density at radius 3 is 1.84 bits per heavy atom. The van der Waals surface area contributed by atoms with Crippen molar-refractivity contribution in [1.29, 1.82) is 0 Å². The maximum atomic E-state index is 15.8. The van der Waals surface area contributed by atoms with Gasteiger partial charge < -0.3 is 16.4 Å². The van der Waals surface area contributed by atoms with Crippen molar-refractivity contribution in [2.45, 2.75) is 76.1 Å². The molecule has 4 N–H and O–H groups in total. The van der Waals surface area contributed by atoms with Crippen LogP contribution in [0.4, 0.5) is 22.4 Å². The minimum atomic E-state index is -0.908. The topological polar surface area (TPSA) is 72.4 Å². The summed E-state index contributed by atoms with van der Waals surface area (Å²) in [6.45, 7) is 0.109. The van der Waals surface area contributed by atoms with Crippen LogP contribution < -0.4 is 11.5 Å². The van der Waals surface area contributed by atoms with E-state index < -0.39 is 23.9 Å². The van der Waals surface area contributed by atoms with Gasteiger partial charge in [0.15, 0.2) is 0 Å². The SMILES string of the molecule is NC(=O)N(C[C@@H]1CCCc2cc(Sc3cccc(F)c3)cc(F)c21)C(N)[C@@H]1CCCc2cc(Sc3cccc(F)c3)cc(F)c21. The Balaban J connectivity index is 1.23. The second-order valence-corrected chi connectivity index (χ2v) is 13.9. The number of fused-ring (bicyclic) bond motifs is 2. The van der Waals surface area contributed by atoms with Crippen LogP contribution in [0.25, 0.3) is 0 Å².